The second kappa shape index (κ2) is 7.34. The van der Waals surface area contributed by atoms with E-state index in [2.05, 4.69) is 29.7 Å². The number of hydrogen-bond acceptors (Lipinski definition) is 8. The van der Waals surface area contributed by atoms with E-state index in [0.717, 1.165) is 42.9 Å². The number of methoxy groups -OCH3 is 2. The van der Waals surface area contributed by atoms with Gasteiger partial charge in [0, 0.05) is 44.0 Å². The van der Waals surface area contributed by atoms with Crippen LogP contribution < -0.4 is 24.8 Å². The lowest BCUT2D eigenvalue weighted by Crippen LogP contribution is -2.47. The zero-order valence-corrected chi connectivity index (χ0v) is 16.1. The van der Waals surface area contributed by atoms with E-state index in [0.29, 0.717) is 23.1 Å². The van der Waals surface area contributed by atoms with E-state index in [1.54, 1.807) is 20.5 Å². The molecule has 4 rings (SSSR count). The second-order valence-electron chi connectivity index (χ2n) is 6.61. The molecule has 1 N–H and O–H groups in total. The summed E-state index contributed by atoms with van der Waals surface area (Å²) in [5.41, 5.74) is 1.33. The quantitative estimate of drug-likeness (QED) is 0.723. The average molecular weight is 382 g/mol. The molecule has 1 aliphatic heterocycles. The number of aromatic nitrogens is 4. The van der Waals surface area contributed by atoms with Crippen LogP contribution in [0.2, 0.25) is 0 Å². The molecule has 0 spiro atoms. The zero-order chi connectivity index (χ0) is 19.7. The summed E-state index contributed by atoms with van der Waals surface area (Å²) in [5, 5.41) is 0.884. The average Bonchev–Trinajstić information content (AvgIpc) is 2.72. The minimum atomic E-state index is -0.133. The molecule has 0 amide bonds. The van der Waals surface area contributed by atoms with Crippen LogP contribution in [0.5, 0.6) is 11.5 Å². The van der Waals surface area contributed by atoms with Crippen LogP contribution in [0.4, 0.5) is 11.8 Å². The highest BCUT2D eigenvalue weighted by atomic mass is 16.5. The summed E-state index contributed by atoms with van der Waals surface area (Å²) >= 11 is 0. The van der Waals surface area contributed by atoms with Crippen molar-refractivity contribution >= 4 is 22.7 Å². The monoisotopic (exact) mass is 382 g/mol. The fraction of sp³-hybridized carbons (Fsp3) is 0.368. The van der Waals surface area contributed by atoms with Gasteiger partial charge in [0.1, 0.15) is 29.2 Å². The number of anilines is 2. The van der Waals surface area contributed by atoms with Crippen LogP contribution in [0.25, 0.3) is 10.9 Å². The highest BCUT2D eigenvalue weighted by molar-refractivity contribution is 5.94. The van der Waals surface area contributed by atoms with Gasteiger partial charge >= 0.3 is 0 Å². The molecular weight excluding hydrogens is 360 g/mol. The summed E-state index contributed by atoms with van der Waals surface area (Å²) in [4.78, 5) is 32.2. The normalized spacial score (nSPS) is 14.4. The van der Waals surface area contributed by atoms with Crippen LogP contribution in [-0.2, 0) is 0 Å². The van der Waals surface area contributed by atoms with Crippen LogP contribution in [0.1, 0.15) is 5.69 Å². The van der Waals surface area contributed by atoms with Crippen molar-refractivity contribution < 1.29 is 9.47 Å². The van der Waals surface area contributed by atoms with Crippen LogP contribution in [-0.4, -0.2) is 60.3 Å². The third kappa shape index (κ3) is 3.30. The van der Waals surface area contributed by atoms with Crippen LogP contribution in [0.3, 0.4) is 0 Å². The number of piperazine rings is 1. The molecule has 1 aromatic carbocycles. The summed E-state index contributed by atoms with van der Waals surface area (Å²) in [6.07, 6.45) is 1.55. The topological polar surface area (TPSA) is 96.5 Å². The number of fused-ring (bicyclic) bond motifs is 1. The molecular formula is C19H22N6O3. The smallest absolute Gasteiger partial charge is 0.252 e. The molecule has 2 aromatic heterocycles. The summed E-state index contributed by atoms with van der Waals surface area (Å²) in [7, 11) is 3.24. The molecule has 1 saturated heterocycles. The highest BCUT2D eigenvalue weighted by Crippen LogP contribution is 2.34. The SMILES string of the molecule is COc1cc(OC)c2ncnc(N3CCN(c4nc(C)cc(=O)[nH]4)CC3)c2c1. The molecule has 0 atom stereocenters. The Morgan fingerprint density at radius 1 is 1.00 bits per heavy atom. The Balaban J connectivity index is 1.62. The zero-order valence-electron chi connectivity index (χ0n) is 16.1. The van der Waals surface area contributed by atoms with E-state index in [1.165, 1.54) is 6.07 Å². The Kier molecular flexibility index (Phi) is 4.72. The van der Waals surface area contributed by atoms with Gasteiger partial charge in [0.15, 0.2) is 0 Å². The molecule has 9 nitrogen and oxygen atoms in total. The van der Waals surface area contributed by atoms with Crippen molar-refractivity contribution in [3.63, 3.8) is 0 Å². The van der Waals surface area contributed by atoms with Crippen LogP contribution >= 0.6 is 0 Å². The lowest BCUT2D eigenvalue weighted by atomic mass is 10.2. The lowest BCUT2D eigenvalue weighted by molar-refractivity contribution is 0.397. The van der Waals surface area contributed by atoms with E-state index in [4.69, 9.17) is 9.47 Å². The largest absolute Gasteiger partial charge is 0.497 e. The lowest BCUT2D eigenvalue weighted by Gasteiger charge is -2.36. The molecule has 9 heteroatoms. The van der Waals surface area contributed by atoms with Gasteiger partial charge in [-0.15, -0.1) is 0 Å². The van der Waals surface area contributed by atoms with E-state index in [1.807, 2.05) is 19.1 Å². The number of aromatic amines is 1. The van der Waals surface area contributed by atoms with Gasteiger partial charge in [-0.3, -0.25) is 9.78 Å². The molecule has 1 aliphatic rings. The number of aryl methyl sites for hydroxylation is 1. The number of nitrogens with one attached hydrogen (secondary N) is 1. The van der Waals surface area contributed by atoms with E-state index >= 15 is 0 Å². The fourth-order valence-corrected chi connectivity index (χ4v) is 3.47. The number of ether oxygens (including phenoxy) is 2. The van der Waals surface area contributed by atoms with Gasteiger partial charge < -0.3 is 19.3 Å². The molecule has 28 heavy (non-hydrogen) atoms. The van der Waals surface area contributed by atoms with Gasteiger partial charge in [-0.2, -0.15) is 0 Å². The van der Waals surface area contributed by atoms with Gasteiger partial charge in [0.05, 0.1) is 19.6 Å². The molecule has 0 aliphatic carbocycles. The van der Waals surface area contributed by atoms with E-state index < -0.39 is 0 Å². The number of benzene rings is 1. The number of hydrogen-bond donors (Lipinski definition) is 1. The standard InChI is InChI=1S/C19H22N6O3/c1-12-8-16(26)23-19(22-12)25-6-4-24(5-7-25)18-14-9-13(27-2)10-15(28-3)17(14)20-11-21-18/h8-11H,4-7H2,1-3H3,(H,22,23,26). The first-order valence-electron chi connectivity index (χ1n) is 9.03. The highest BCUT2D eigenvalue weighted by Gasteiger charge is 2.22. The first-order chi connectivity index (χ1) is 13.6. The third-order valence-corrected chi connectivity index (χ3v) is 4.85. The van der Waals surface area contributed by atoms with Crippen molar-refractivity contribution in [1.29, 1.82) is 0 Å². The molecule has 3 aromatic rings. The van der Waals surface area contributed by atoms with E-state index in [-0.39, 0.29) is 5.56 Å². The first-order valence-corrected chi connectivity index (χ1v) is 9.03. The second-order valence-corrected chi connectivity index (χ2v) is 6.61. The number of H-pyrrole nitrogens is 1. The molecule has 0 bridgehead atoms. The van der Waals surface area contributed by atoms with Crippen molar-refractivity contribution in [3.8, 4) is 11.5 Å². The maximum absolute atomic E-state index is 11.7. The molecule has 0 unspecified atom stereocenters. The molecule has 0 radical (unpaired) electrons. The van der Waals surface area contributed by atoms with Crippen molar-refractivity contribution in [1.82, 2.24) is 19.9 Å². The molecule has 146 valence electrons. The van der Waals surface area contributed by atoms with E-state index in [9.17, 15) is 4.79 Å². The Labute approximate surface area is 162 Å². The van der Waals surface area contributed by atoms with Crippen molar-refractivity contribution in [2.45, 2.75) is 6.92 Å². The van der Waals surface area contributed by atoms with Crippen molar-refractivity contribution in [2.75, 3.05) is 50.2 Å². The Morgan fingerprint density at radius 3 is 2.43 bits per heavy atom. The molecule has 3 heterocycles. The third-order valence-electron chi connectivity index (χ3n) is 4.85. The van der Waals surface area contributed by atoms with Gasteiger partial charge in [0.2, 0.25) is 5.95 Å². The maximum atomic E-state index is 11.7. The van der Waals surface area contributed by atoms with Crippen molar-refractivity contribution in [2.24, 2.45) is 0 Å². The minimum Gasteiger partial charge on any atom is -0.497 e. The maximum Gasteiger partial charge on any atom is 0.252 e. The first kappa shape index (κ1) is 18.0. The Bertz CT molecular complexity index is 1060. The summed E-state index contributed by atoms with van der Waals surface area (Å²) in [6.45, 7) is 4.74. The summed E-state index contributed by atoms with van der Waals surface area (Å²) in [5.74, 6) is 2.80. The van der Waals surface area contributed by atoms with Gasteiger partial charge in [-0.25, -0.2) is 15.0 Å². The van der Waals surface area contributed by atoms with Crippen LogP contribution in [0.15, 0.2) is 29.3 Å². The number of nitrogens with zero attached hydrogens (tertiary/aromatic N) is 5. The predicted octanol–water partition coefficient (Wildman–Crippen LogP) is 1.37. The van der Waals surface area contributed by atoms with Crippen molar-refractivity contribution in [3.05, 3.63) is 40.6 Å². The fourth-order valence-electron chi connectivity index (χ4n) is 3.47. The minimum absolute atomic E-state index is 0.133. The summed E-state index contributed by atoms with van der Waals surface area (Å²) in [6, 6.07) is 5.24. The van der Waals surface area contributed by atoms with Gasteiger partial charge in [0.25, 0.3) is 5.56 Å². The Morgan fingerprint density at radius 2 is 1.75 bits per heavy atom. The van der Waals surface area contributed by atoms with Gasteiger partial charge in [-0.05, 0) is 13.0 Å². The summed E-state index contributed by atoms with van der Waals surface area (Å²) < 4.78 is 10.9. The Hall–Kier alpha value is -3.36. The molecule has 0 saturated carbocycles. The predicted molar refractivity (Wildman–Crippen MR) is 107 cm³/mol. The van der Waals surface area contributed by atoms with Gasteiger partial charge in [-0.1, -0.05) is 0 Å². The number of rotatable bonds is 4. The van der Waals surface area contributed by atoms with Crippen LogP contribution in [0, 0.1) is 6.92 Å². The molecule has 1 fully saturated rings.